The van der Waals surface area contributed by atoms with E-state index in [0.29, 0.717) is 18.0 Å². The molecule has 7 nitrogen and oxygen atoms in total. The van der Waals surface area contributed by atoms with E-state index in [1.807, 2.05) is 63.2 Å². The molecule has 3 N–H and O–H groups in total. The molecule has 0 aliphatic rings. The first-order valence-electron chi connectivity index (χ1n) is 9.34. The van der Waals surface area contributed by atoms with E-state index >= 15 is 0 Å². The van der Waals surface area contributed by atoms with E-state index in [0.717, 1.165) is 11.3 Å². The molecular weight excluding hydrogens is 370 g/mol. The lowest BCUT2D eigenvalue weighted by atomic mass is 10.2. The summed E-state index contributed by atoms with van der Waals surface area (Å²) in [5, 5.41) is 2.62. The third-order valence-corrected chi connectivity index (χ3v) is 3.23. The van der Waals surface area contributed by atoms with Gasteiger partial charge in [-0.05, 0) is 43.2 Å². The summed E-state index contributed by atoms with van der Waals surface area (Å²) in [6.07, 6.45) is 0. The van der Waals surface area contributed by atoms with Gasteiger partial charge < -0.3 is 20.5 Å². The van der Waals surface area contributed by atoms with Crippen molar-refractivity contribution in [3.05, 3.63) is 59.4 Å². The van der Waals surface area contributed by atoms with Crippen molar-refractivity contribution in [1.29, 1.82) is 0 Å². The van der Waals surface area contributed by atoms with Crippen molar-refractivity contribution in [2.24, 2.45) is 5.73 Å². The number of pyridine rings is 1. The monoisotopic (exact) mass is 397 g/mol. The van der Waals surface area contributed by atoms with Crippen LogP contribution in [0.4, 0.5) is 0 Å². The Balaban J connectivity index is 0.00000204. The molecule has 2 amide bonds. The van der Waals surface area contributed by atoms with Crippen molar-refractivity contribution < 1.29 is 19.1 Å². The maximum Gasteiger partial charge on any atom is 0.246 e. The van der Waals surface area contributed by atoms with Crippen LogP contribution in [0.3, 0.4) is 0 Å². The molecule has 0 fully saturated rings. The normalized spacial score (nSPS) is 9.34. The van der Waals surface area contributed by atoms with Gasteiger partial charge in [0.05, 0.1) is 6.54 Å². The molecule has 0 atom stereocenters. The number of nitrogens with two attached hydrogens (primary N) is 1. The zero-order valence-electron chi connectivity index (χ0n) is 17.0. The van der Waals surface area contributed by atoms with E-state index < -0.39 is 5.91 Å². The van der Waals surface area contributed by atoms with Gasteiger partial charge in [0.25, 0.3) is 0 Å². The van der Waals surface area contributed by atoms with E-state index in [1.54, 1.807) is 0 Å². The van der Waals surface area contributed by atoms with Gasteiger partial charge in [0.1, 0.15) is 31.3 Å². The Bertz CT molecular complexity index is 856. The van der Waals surface area contributed by atoms with Crippen LogP contribution in [0.2, 0.25) is 0 Å². The minimum absolute atomic E-state index is 0.221. The fourth-order valence-electron chi connectivity index (χ4n) is 2.07. The molecule has 0 unspecified atom stereocenters. The van der Waals surface area contributed by atoms with Crippen LogP contribution in [0.25, 0.3) is 0 Å². The van der Waals surface area contributed by atoms with Crippen LogP contribution in [0.1, 0.15) is 30.8 Å². The van der Waals surface area contributed by atoms with E-state index in [9.17, 15) is 9.59 Å². The van der Waals surface area contributed by atoms with Gasteiger partial charge in [0.2, 0.25) is 11.8 Å². The van der Waals surface area contributed by atoms with Gasteiger partial charge in [-0.15, -0.1) is 0 Å². The topological polar surface area (TPSA) is 104 Å². The highest BCUT2D eigenvalue weighted by molar-refractivity contribution is 5.78. The van der Waals surface area contributed by atoms with E-state index in [-0.39, 0.29) is 25.7 Å². The van der Waals surface area contributed by atoms with Crippen molar-refractivity contribution >= 4 is 11.8 Å². The number of aryl methyl sites for hydroxylation is 1. The highest BCUT2D eigenvalue weighted by Crippen LogP contribution is 2.12. The quantitative estimate of drug-likeness (QED) is 0.522. The Labute approximate surface area is 171 Å². The average Bonchev–Trinajstić information content (AvgIpc) is 2.71. The molecule has 2 rings (SSSR count). The zero-order valence-corrected chi connectivity index (χ0v) is 17.0. The number of carbonyl (C=O) groups is 2. The summed E-state index contributed by atoms with van der Waals surface area (Å²) in [7, 11) is 0. The molecule has 7 heteroatoms. The van der Waals surface area contributed by atoms with E-state index in [2.05, 4.69) is 22.1 Å². The SMILES string of the molecule is CC.Cc1cccc(C#Cc2cccc(OCCNC(=O)COCC(N)=O)c2)n1. The van der Waals surface area contributed by atoms with Gasteiger partial charge in [0, 0.05) is 11.3 Å². The third kappa shape index (κ3) is 10.5. The number of aromatic nitrogens is 1. The van der Waals surface area contributed by atoms with Crippen LogP contribution >= 0.6 is 0 Å². The smallest absolute Gasteiger partial charge is 0.246 e. The van der Waals surface area contributed by atoms with Gasteiger partial charge in [-0.1, -0.05) is 31.9 Å². The Morgan fingerprint density at radius 2 is 1.86 bits per heavy atom. The molecule has 0 aliphatic heterocycles. The third-order valence-electron chi connectivity index (χ3n) is 3.23. The zero-order chi connectivity index (χ0) is 21.5. The second kappa shape index (κ2) is 13.7. The number of nitrogens with zero attached hydrogens (tertiary/aromatic N) is 1. The molecule has 0 bridgehead atoms. The Morgan fingerprint density at radius 1 is 1.10 bits per heavy atom. The highest BCUT2D eigenvalue weighted by atomic mass is 16.5. The molecular formula is C22H27N3O4. The molecule has 2 aromatic rings. The lowest BCUT2D eigenvalue weighted by Crippen LogP contribution is -2.32. The number of nitrogens with one attached hydrogen (secondary N) is 1. The van der Waals surface area contributed by atoms with E-state index in [1.165, 1.54) is 0 Å². The van der Waals surface area contributed by atoms with Crippen molar-refractivity contribution in [1.82, 2.24) is 10.3 Å². The number of primary amides is 1. The van der Waals surface area contributed by atoms with Crippen molar-refractivity contribution in [2.45, 2.75) is 20.8 Å². The minimum Gasteiger partial charge on any atom is -0.492 e. The molecule has 1 aromatic carbocycles. The summed E-state index contributed by atoms with van der Waals surface area (Å²) in [6, 6.07) is 13.1. The Hall–Kier alpha value is -3.37. The summed E-state index contributed by atoms with van der Waals surface area (Å²) in [4.78, 5) is 26.3. The second-order valence-corrected chi connectivity index (χ2v) is 5.60. The molecule has 154 valence electrons. The average molecular weight is 397 g/mol. The van der Waals surface area contributed by atoms with Gasteiger partial charge in [-0.3, -0.25) is 9.59 Å². The highest BCUT2D eigenvalue weighted by Gasteiger charge is 2.02. The van der Waals surface area contributed by atoms with Crippen molar-refractivity contribution in [3.63, 3.8) is 0 Å². The molecule has 0 saturated heterocycles. The predicted molar refractivity (Wildman–Crippen MR) is 111 cm³/mol. The fourth-order valence-corrected chi connectivity index (χ4v) is 2.07. The number of rotatable bonds is 8. The summed E-state index contributed by atoms with van der Waals surface area (Å²) in [6.45, 7) is 6.01. The summed E-state index contributed by atoms with van der Waals surface area (Å²) in [5.74, 6) is 5.76. The van der Waals surface area contributed by atoms with Crippen LogP contribution in [0.15, 0.2) is 42.5 Å². The maximum atomic E-state index is 11.5. The predicted octanol–water partition coefficient (Wildman–Crippen LogP) is 1.81. The van der Waals surface area contributed by atoms with E-state index in [4.69, 9.17) is 15.2 Å². The molecule has 1 heterocycles. The van der Waals surface area contributed by atoms with Crippen LogP contribution in [-0.4, -0.2) is 43.2 Å². The summed E-state index contributed by atoms with van der Waals surface area (Å²) >= 11 is 0. The number of hydrogen-bond acceptors (Lipinski definition) is 5. The van der Waals surface area contributed by atoms with Gasteiger partial charge in [-0.2, -0.15) is 0 Å². The molecule has 0 aliphatic carbocycles. The lowest BCUT2D eigenvalue weighted by molar-refractivity contribution is -0.129. The Morgan fingerprint density at radius 3 is 2.59 bits per heavy atom. The van der Waals surface area contributed by atoms with Crippen molar-refractivity contribution in [2.75, 3.05) is 26.4 Å². The standard InChI is InChI=1S/C20H21N3O4.C2H6/c1-15-4-2-6-17(23-15)9-8-16-5-3-7-18(12-16)27-11-10-22-20(25)14-26-13-19(21)24;1-2/h2-7,12H,10-11,13-14H2,1H3,(H2,21,24)(H,22,25);1-2H3. The molecule has 0 spiro atoms. The fraction of sp³-hybridized carbons (Fsp3) is 0.318. The van der Waals surface area contributed by atoms with Crippen molar-refractivity contribution in [3.8, 4) is 17.6 Å². The number of hydrogen-bond donors (Lipinski definition) is 2. The van der Waals surface area contributed by atoms with Crippen LogP contribution in [0, 0.1) is 18.8 Å². The first-order chi connectivity index (χ1) is 14.0. The van der Waals surface area contributed by atoms with Gasteiger partial charge in [0.15, 0.2) is 0 Å². The first-order valence-corrected chi connectivity index (χ1v) is 9.34. The molecule has 29 heavy (non-hydrogen) atoms. The summed E-state index contributed by atoms with van der Waals surface area (Å²) < 4.78 is 10.4. The Kier molecular flexibility index (Phi) is 11.2. The lowest BCUT2D eigenvalue weighted by Gasteiger charge is -2.08. The summed E-state index contributed by atoms with van der Waals surface area (Å²) in [5.41, 5.74) is 7.34. The molecule has 0 radical (unpaired) electrons. The van der Waals surface area contributed by atoms with Gasteiger partial charge >= 0.3 is 0 Å². The number of amides is 2. The first kappa shape index (κ1) is 23.7. The molecule has 1 aromatic heterocycles. The van der Waals surface area contributed by atoms with Crippen LogP contribution in [-0.2, 0) is 14.3 Å². The second-order valence-electron chi connectivity index (χ2n) is 5.60. The number of benzene rings is 1. The maximum absolute atomic E-state index is 11.5. The van der Waals surface area contributed by atoms with Gasteiger partial charge in [-0.25, -0.2) is 4.98 Å². The largest absolute Gasteiger partial charge is 0.492 e. The van der Waals surface area contributed by atoms with Crippen LogP contribution < -0.4 is 15.8 Å². The number of carbonyl (C=O) groups excluding carboxylic acids is 2. The van der Waals surface area contributed by atoms with Crippen LogP contribution in [0.5, 0.6) is 5.75 Å². The molecule has 0 saturated carbocycles. The number of ether oxygens (including phenoxy) is 2. The minimum atomic E-state index is -0.618.